The van der Waals surface area contributed by atoms with Crippen LogP contribution in [0.3, 0.4) is 0 Å². The van der Waals surface area contributed by atoms with Crippen LogP contribution in [0.15, 0.2) is 24.3 Å². The van der Waals surface area contributed by atoms with Gasteiger partial charge in [-0.15, -0.1) is 0 Å². The van der Waals surface area contributed by atoms with Gasteiger partial charge in [-0.1, -0.05) is 12.1 Å². The van der Waals surface area contributed by atoms with E-state index in [1.807, 2.05) is 12.1 Å². The minimum Gasteiger partial charge on any atom is -0.385 e. The Hall–Kier alpha value is -0.930. The fourth-order valence-corrected chi connectivity index (χ4v) is 2.46. The van der Waals surface area contributed by atoms with Crippen molar-refractivity contribution in [3.8, 4) is 0 Å². The molecule has 0 radical (unpaired) electrons. The molecule has 1 unspecified atom stereocenters. The third-order valence-corrected chi connectivity index (χ3v) is 3.71. The van der Waals surface area contributed by atoms with Gasteiger partial charge in [0, 0.05) is 19.8 Å². The van der Waals surface area contributed by atoms with Crippen LogP contribution in [0.5, 0.6) is 0 Å². The lowest BCUT2D eigenvalue weighted by molar-refractivity contribution is 0.192. The fraction of sp³-hybridized carbons (Fsp3) is 0.625. The van der Waals surface area contributed by atoms with E-state index in [1.54, 1.807) is 19.2 Å². The third-order valence-electron chi connectivity index (χ3n) is 3.71. The van der Waals surface area contributed by atoms with Gasteiger partial charge in [-0.2, -0.15) is 0 Å². The van der Waals surface area contributed by atoms with Crippen molar-refractivity contribution in [1.29, 1.82) is 0 Å². The van der Waals surface area contributed by atoms with Crippen molar-refractivity contribution in [3.05, 3.63) is 35.6 Å². The summed E-state index contributed by atoms with van der Waals surface area (Å²) < 4.78 is 18.0. The van der Waals surface area contributed by atoms with Crippen LogP contribution in [0.1, 0.15) is 43.7 Å². The van der Waals surface area contributed by atoms with Gasteiger partial charge in [0.25, 0.3) is 0 Å². The summed E-state index contributed by atoms with van der Waals surface area (Å²) in [5.74, 6) is 0.585. The molecule has 2 rings (SSSR count). The van der Waals surface area contributed by atoms with Crippen LogP contribution < -0.4 is 5.32 Å². The normalized spacial score (nSPS) is 16.5. The zero-order chi connectivity index (χ0) is 13.5. The summed E-state index contributed by atoms with van der Waals surface area (Å²) in [7, 11) is 1.75. The molecule has 0 saturated heterocycles. The summed E-state index contributed by atoms with van der Waals surface area (Å²) in [6, 6.07) is 7.35. The number of unbranched alkanes of at least 4 members (excludes halogenated alkanes) is 2. The first-order valence-corrected chi connectivity index (χ1v) is 7.29. The SMILES string of the molecule is COCCCCCNC(c1ccc(F)cc1)C1CC1. The third kappa shape index (κ3) is 4.92. The van der Waals surface area contributed by atoms with Gasteiger partial charge in [0.15, 0.2) is 0 Å². The minimum atomic E-state index is -0.155. The van der Waals surface area contributed by atoms with E-state index in [4.69, 9.17) is 4.74 Å². The summed E-state index contributed by atoms with van der Waals surface area (Å²) in [5.41, 5.74) is 1.22. The molecule has 1 aliphatic rings. The average molecular weight is 265 g/mol. The number of methoxy groups -OCH3 is 1. The zero-order valence-corrected chi connectivity index (χ0v) is 11.7. The van der Waals surface area contributed by atoms with Crippen molar-refractivity contribution in [2.45, 2.75) is 38.1 Å². The van der Waals surface area contributed by atoms with Crippen molar-refractivity contribution in [1.82, 2.24) is 5.32 Å². The number of benzene rings is 1. The van der Waals surface area contributed by atoms with E-state index in [1.165, 1.54) is 31.2 Å². The van der Waals surface area contributed by atoms with Crippen LogP contribution in [0.2, 0.25) is 0 Å². The number of rotatable bonds is 9. The maximum Gasteiger partial charge on any atom is 0.123 e. The first kappa shape index (κ1) is 14.5. The lowest BCUT2D eigenvalue weighted by Gasteiger charge is -2.18. The van der Waals surface area contributed by atoms with Crippen LogP contribution in [-0.2, 0) is 4.74 Å². The number of hydrogen-bond acceptors (Lipinski definition) is 2. The van der Waals surface area contributed by atoms with Crippen molar-refractivity contribution < 1.29 is 9.13 Å². The molecular weight excluding hydrogens is 241 g/mol. The quantitative estimate of drug-likeness (QED) is 0.688. The number of ether oxygens (including phenoxy) is 1. The highest BCUT2D eigenvalue weighted by atomic mass is 19.1. The van der Waals surface area contributed by atoms with E-state index in [0.29, 0.717) is 6.04 Å². The van der Waals surface area contributed by atoms with Crippen molar-refractivity contribution in [3.63, 3.8) is 0 Å². The van der Waals surface area contributed by atoms with E-state index >= 15 is 0 Å². The molecular formula is C16H24FNO. The van der Waals surface area contributed by atoms with E-state index in [2.05, 4.69) is 5.32 Å². The summed E-state index contributed by atoms with van der Waals surface area (Å²) in [5, 5.41) is 3.63. The largest absolute Gasteiger partial charge is 0.385 e. The standard InChI is InChI=1S/C16H24FNO/c1-19-12-4-2-3-11-18-16(13-5-6-13)14-7-9-15(17)10-8-14/h7-10,13,16,18H,2-6,11-12H2,1H3. The molecule has 1 aromatic carbocycles. The Bertz CT molecular complexity index is 362. The fourth-order valence-electron chi connectivity index (χ4n) is 2.46. The monoisotopic (exact) mass is 265 g/mol. The van der Waals surface area contributed by atoms with Crippen LogP contribution in [0, 0.1) is 11.7 Å². The van der Waals surface area contributed by atoms with Gasteiger partial charge in [-0.05, 0) is 62.3 Å². The van der Waals surface area contributed by atoms with Gasteiger partial charge in [0.2, 0.25) is 0 Å². The average Bonchev–Trinajstić information content (AvgIpc) is 3.24. The van der Waals surface area contributed by atoms with Crippen LogP contribution >= 0.6 is 0 Å². The Morgan fingerprint density at radius 3 is 2.58 bits per heavy atom. The predicted molar refractivity (Wildman–Crippen MR) is 75.6 cm³/mol. The number of nitrogens with one attached hydrogen (secondary N) is 1. The lowest BCUT2D eigenvalue weighted by atomic mass is 10.0. The first-order chi connectivity index (χ1) is 9.31. The molecule has 1 aliphatic carbocycles. The van der Waals surface area contributed by atoms with Gasteiger partial charge >= 0.3 is 0 Å². The lowest BCUT2D eigenvalue weighted by Crippen LogP contribution is -2.24. The van der Waals surface area contributed by atoms with Crippen LogP contribution in [0.4, 0.5) is 4.39 Å². The summed E-state index contributed by atoms with van der Waals surface area (Å²) >= 11 is 0. The Morgan fingerprint density at radius 1 is 1.21 bits per heavy atom. The molecule has 2 nitrogen and oxygen atoms in total. The number of halogens is 1. The maximum atomic E-state index is 13.0. The molecule has 0 aliphatic heterocycles. The van der Waals surface area contributed by atoms with Crippen molar-refractivity contribution in [2.24, 2.45) is 5.92 Å². The van der Waals surface area contributed by atoms with E-state index in [-0.39, 0.29) is 5.82 Å². The molecule has 0 aromatic heterocycles. The zero-order valence-electron chi connectivity index (χ0n) is 11.7. The Balaban J connectivity index is 1.75. The van der Waals surface area contributed by atoms with Gasteiger partial charge in [0.05, 0.1) is 0 Å². The first-order valence-electron chi connectivity index (χ1n) is 7.29. The Morgan fingerprint density at radius 2 is 1.95 bits per heavy atom. The van der Waals surface area contributed by atoms with E-state index in [9.17, 15) is 4.39 Å². The Labute approximate surface area is 115 Å². The van der Waals surface area contributed by atoms with Gasteiger partial charge < -0.3 is 10.1 Å². The van der Waals surface area contributed by atoms with Crippen LogP contribution in [-0.4, -0.2) is 20.3 Å². The second-order valence-corrected chi connectivity index (χ2v) is 5.37. The highest BCUT2D eigenvalue weighted by Crippen LogP contribution is 2.40. The second-order valence-electron chi connectivity index (χ2n) is 5.37. The molecule has 0 bridgehead atoms. The maximum absolute atomic E-state index is 13.0. The summed E-state index contributed by atoms with van der Waals surface area (Å²) in [6.07, 6.45) is 6.08. The summed E-state index contributed by atoms with van der Waals surface area (Å²) in [6.45, 7) is 1.88. The smallest absolute Gasteiger partial charge is 0.123 e. The molecule has 1 atom stereocenters. The Kier molecular flexibility index (Phi) is 5.80. The van der Waals surface area contributed by atoms with E-state index in [0.717, 1.165) is 25.5 Å². The topological polar surface area (TPSA) is 21.3 Å². The van der Waals surface area contributed by atoms with Crippen LogP contribution in [0.25, 0.3) is 0 Å². The molecule has 1 saturated carbocycles. The molecule has 1 aromatic rings. The molecule has 3 heteroatoms. The second kappa shape index (κ2) is 7.61. The van der Waals surface area contributed by atoms with Gasteiger partial charge in [-0.3, -0.25) is 0 Å². The van der Waals surface area contributed by atoms with Gasteiger partial charge in [0.1, 0.15) is 5.82 Å². The molecule has 0 amide bonds. The van der Waals surface area contributed by atoms with Crippen molar-refractivity contribution in [2.75, 3.05) is 20.3 Å². The molecule has 0 spiro atoms. The predicted octanol–water partition coefficient (Wildman–Crippen LogP) is 3.68. The summed E-state index contributed by atoms with van der Waals surface area (Å²) in [4.78, 5) is 0. The van der Waals surface area contributed by atoms with Gasteiger partial charge in [-0.25, -0.2) is 4.39 Å². The molecule has 106 valence electrons. The van der Waals surface area contributed by atoms with E-state index < -0.39 is 0 Å². The highest BCUT2D eigenvalue weighted by Gasteiger charge is 2.31. The minimum absolute atomic E-state index is 0.155. The highest BCUT2D eigenvalue weighted by molar-refractivity contribution is 5.21. The molecule has 0 heterocycles. The number of hydrogen-bond donors (Lipinski definition) is 1. The molecule has 1 N–H and O–H groups in total. The molecule has 19 heavy (non-hydrogen) atoms. The van der Waals surface area contributed by atoms with Crippen molar-refractivity contribution >= 4 is 0 Å². The molecule has 1 fully saturated rings.